The summed E-state index contributed by atoms with van der Waals surface area (Å²) in [5, 5.41) is 26.2. The van der Waals surface area contributed by atoms with Crippen molar-refractivity contribution in [3.63, 3.8) is 0 Å². The van der Waals surface area contributed by atoms with Crippen molar-refractivity contribution < 1.29 is 19.8 Å². The van der Waals surface area contributed by atoms with Gasteiger partial charge in [-0.15, -0.1) is 0 Å². The highest BCUT2D eigenvalue weighted by Crippen LogP contribution is 2.20. The van der Waals surface area contributed by atoms with E-state index in [1.165, 1.54) is 6.42 Å². The minimum atomic E-state index is -0.303. The molecule has 2 saturated heterocycles. The van der Waals surface area contributed by atoms with Gasteiger partial charge in [0.25, 0.3) is 0 Å². The number of hydrogen-bond acceptors (Lipinski definition) is 6. The molecule has 8 heteroatoms. The molecule has 0 aliphatic carbocycles. The summed E-state index contributed by atoms with van der Waals surface area (Å²) in [4.78, 5) is 25.3. The van der Waals surface area contributed by atoms with E-state index in [1.807, 2.05) is 30.3 Å². The third kappa shape index (κ3) is 8.49. The molecule has 162 valence electrons. The Morgan fingerprint density at radius 3 is 2.59 bits per heavy atom. The summed E-state index contributed by atoms with van der Waals surface area (Å²) in [5.41, 5.74) is 1.06. The zero-order chi connectivity index (χ0) is 20.9. The molecule has 1 aromatic rings. The summed E-state index contributed by atoms with van der Waals surface area (Å²) in [6.45, 7) is 5.48. The molecule has 5 N–H and O–H groups in total. The zero-order valence-electron chi connectivity index (χ0n) is 17.0. The number of nitrogens with zero attached hydrogens (tertiary/aromatic N) is 1. The molecule has 3 rings (SSSR count). The first kappa shape index (κ1) is 23.3. The van der Waals surface area contributed by atoms with E-state index < -0.39 is 0 Å². The number of carbonyl (C=O) groups excluding carboxylic acids is 2. The van der Waals surface area contributed by atoms with E-state index in [-0.39, 0.29) is 43.9 Å². The predicted octanol–water partition coefficient (Wildman–Crippen LogP) is -0.679. The maximum atomic E-state index is 11.9. The third-order valence-corrected chi connectivity index (χ3v) is 5.10. The number of amides is 2. The molecule has 0 aromatic heterocycles. The number of nitrogens with one attached hydrogen (secondary N) is 3. The van der Waals surface area contributed by atoms with Gasteiger partial charge in [0, 0.05) is 32.6 Å². The van der Waals surface area contributed by atoms with Gasteiger partial charge in [0.1, 0.15) is 0 Å². The first-order valence-electron chi connectivity index (χ1n) is 10.4. The normalized spacial score (nSPS) is 21.0. The second kappa shape index (κ2) is 13.3. The average Bonchev–Trinajstić information content (AvgIpc) is 3.38. The lowest BCUT2D eigenvalue weighted by atomic mass is 10.1. The lowest BCUT2D eigenvalue weighted by Gasteiger charge is -2.16. The Hall–Kier alpha value is -2.00. The number of likely N-dealkylation sites (tertiary alicyclic amines) is 1. The second-order valence-electron chi connectivity index (χ2n) is 7.46. The molecule has 2 unspecified atom stereocenters. The van der Waals surface area contributed by atoms with Crippen LogP contribution in [0.2, 0.25) is 0 Å². The van der Waals surface area contributed by atoms with Gasteiger partial charge in [-0.2, -0.15) is 0 Å². The molecule has 1 aromatic carbocycles. The topological polar surface area (TPSA) is 114 Å². The Labute approximate surface area is 172 Å². The minimum Gasteiger partial charge on any atom is -0.395 e. The molecule has 8 nitrogen and oxygen atoms in total. The smallest absolute Gasteiger partial charge is 0.225 e. The minimum absolute atomic E-state index is 0.00741. The van der Waals surface area contributed by atoms with E-state index in [1.54, 1.807) is 4.90 Å². The van der Waals surface area contributed by atoms with Crippen LogP contribution in [0.3, 0.4) is 0 Å². The Bertz CT molecular complexity index is 608. The molecule has 2 amide bonds. The van der Waals surface area contributed by atoms with Crippen molar-refractivity contribution in [2.45, 2.75) is 19.4 Å². The van der Waals surface area contributed by atoms with Gasteiger partial charge in [-0.05, 0) is 37.5 Å². The van der Waals surface area contributed by atoms with Crippen molar-refractivity contribution in [1.82, 2.24) is 20.9 Å². The summed E-state index contributed by atoms with van der Waals surface area (Å²) >= 11 is 0. The van der Waals surface area contributed by atoms with Crippen LogP contribution < -0.4 is 16.0 Å². The zero-order valence-corrected chi connectivity index (χ0v) is 17.0. The first-order chi connectivity index (χ1) is 14.1. The Balaban J connectivity index is 0.000000253. The van der Waals surface area contributed by atoms with Gasteiger partial charge in [-0.25, -0.2) is 0 Å². The SMILES string of the molecule is O=C(NCCO)C1CC(=O)N(Cc2ccccc2)C1.OCCNCC1CCNC1. The van der Waals surface area contributed by atoms with Crippen molar-refractivity contribution >= 4 is 11.8 Å². The highest BCUT2D eigenvalue weighted by molar-refractivity contribution is 5.89. The van der Waals surface area contributed by atoms with Crippen LogP contribution in [0, 0.1) is 11.8 Å². The van der Waals surface area contributed by atoms with Crippen molar-refractivity contribution in [1.29, 1.82) is 0 Å². The van der Waals surface area contributed by atoms with Gasteiger partial charge in [0.15, 0.2) is 0 Å². The highest BCUT2D eigenvalue weighted by Gasteiger charge is 2.33. The van der Waals surface area contributed by atoms with Crippen LogP contribution in [-0.2, 0) is 16.1 Å². The molecule has 2 atom stereocenters. The molecule has 29 heavy (non-hydrogen) atoms. The summed E-state index contributed by atoms with van der Waals surface area (Å²) in [5.74, 6) is 0.334. The van der Waals surface area contributed by atoms with Crippen LogP contribution in [0.25, 0.3) is 0 Å². The van der Waals surface area contributed by atoms with Crippen molar-refractivity contribution in [3.8, 4) is 0 Å². The molecule has 0 spiro atoms. The van der Waals surface area contributed by atoms with Crippen molar-refractivity contribution in [2.75, 3.05) is 52.5 Å². The number of carbonyl (C=O) groups is 2. The summed E-state index contributed by atoms with van der Waals surface area (Å²) in [6, 6.07) is 9.72. The summed E-state index contributed by atoms with van der Waals surface area (Å²) in [7, 11) is 0. The van der Waals surface area contributed by atoms with Gasteiger partial charge in [0.05, 0.1) is 19.1 Å². The van der Waals surface area contributed by atoms with Gasteiger partial charge in [-0.3, -0.25) is 9.59 Å². The molecular formula is C21H34N4O4. The van der Waals surface area contributed by atoms with Gasteiger partial charge in [0.2, 0.25) is 11.8 Å². The molecule has 2 aliphatic heterocycles. The largest absolute Gasteiger partial charge is 0.395 e. The van der Waals surface area contributed by atoms with Gasteiger partial charge < -0.3 is 31.1 Å². The van der Waals surface area contributed by atoms with Crippen LogP contribution in [0.4, 0.5) is 0 Å². The summed E-state index contributed by atoms with van der Waals surface area (Å²) < 4.78 is 0. The molecule has 0 bridgehead atoms. The number of benzene rings is 1. The van der Waals surface area contributed by atoms with Crippen LogP contribution in [0.1, 0.15) is 18.4 Å². The molecule has 2 fully saturated rings. The monoisotopic (exact) mass is 406 g/mol. The van der Waals surface area contributed by atoms with Gasteiger partial charge >= 0.3 is 0 Å². The molecule has 2 heterocycles. The fraction of sp³-hybridized carbons (Fsp3) is 0.619. The lowest BCUT2D eigenvalue weighted by molar-refractivity contribution is -0.129. The first-order valence-corrected chi connectivity index (χ1v) is 10.4. The van der Waals surface area contributed by atoms with E-state index in [2.05, 4.69) is 16.0 Å². The number of aliphatic hydroxyl groups is 2. The summed E-state index contributed by atoms with van der Waals surface area (Å²) in [6.07, 6.45) is 1.53. The number of hydrogen-bond donors (Lipinski definition) is 5. The standard InChI is InChI=1S/C14H18N2O3.C7H16N2O/c17-7-6-15-14(19)12-8-13(18)16(10-12)9-11-4-2-1-3-5-11;10-4-3-9-6-7-1-2-8-5-7/h1-5,12,17H,6-10H2,(H,15,19);7-10H,1-6H2. The number of aliphatic hydroxyl groups excluding tert-OH is 2. The van der Waals surface area contributed by atoms with Crippen molar-refractivity contribution in [2.24, 2.45) is 11.8 Å². The van der Waals surface area contributed by atoms with Crippen LogP contribution in [-0.4, -0.2) is 79.4 Å². The molecule has 0 radical (unpaired) electrons. The highest BCUT2D eigenvalue weighted by atomic mass is 16.3. The second-order valence-corrected chi connectivity index (χ2v) is 7.46. The quantitative estimate of drug-likeness (QED) is 0.347. The Morgan fingerprint density at radius 2 is 1.93 bits per heavy atom. The van der Waals surface area contributed by atoms with E-state index in [9.17, 15) is 9.59 Å². The van der Waals surface area contributed by atoms with Gasteiger partial charge in [-0.1, -0.05) is 30.3 Å². The van der Waals surface area contributed by atoms with E-state index in [4.69, 9.17) is 10.2 Å². The van der Waals surface area contributed by atoms with E-state index in [0.29, 0.717) is 13.1 Å². The fourth-order valence-corrected chi connectivity index (χ4v) is 3.50. The van der Waals surface area contributed by atoms with Crippen LogP contribution >= 0.6 is 0 Å². The fourth-order valence-electron chi connectivity index (χ4n) is 3.50. The Kier molecular flexibility index (Phi) is 10.6. The average molecular weight is 407 g/mol. The third-order valence-electron chi connectivity index (χ3n) is 5.10. The number of rotatable bonds is 9. The van der Waals surface area contributed by atoms with Crippen LogP contribution in [0.15, 0.2) is 30.3 Å². The maximum Gasteiger partial charge on any atom is 0.225 e. The van der Waals surface area contributed by atoms with E-state index >= 15 is 0 Å². The van der Waals surface area contributed by atoms with Crippen LogP contribution in [0.5, 0.6) is 0 Å². The van der Waals surface area contributed by atoms with Crippen molar-refractivity contribution in [3.05, 3.63) is 35.9 Å². The molecular weight excluding hydrogens is 372 g/mol. The lowest BCUT2D eigenvalue weighted by Crippen LogP contribution is -2.34. The Morgan fingerprint density at radius 1 is 1.17 bits per heavy atom. The molecule has 2 aliphatic rings. The van der Waals surface area contributed by atoms with E-state index in [0.717, 1.165) is 37.7 Å². The molecule has 0 saturated carbocycles. The maximum absolute atomic E-state index is 11.9. The predicted molar refractivity (Wildman–Crippen MR) is 111 cm³/mol.